The average Bonchev–Trinajstić information content (AvgIpc) is 2.67. The molecule has 1 aromatic rings. The van der Waals surface area contributed by atoms with E-state index in [-0.39, 0.29) is 23.1 Å². The monoisotopic (exact) mass is 287 g/mol. The molecule has 0 saturated carbocycles. The van der Waals surface area contributed by atoms with Crippen LogP contribution in [0.2, 0.25) is 0 Å². The van der Waals surface area contributed by atoms with Crippen molar-refractivity contribution in [2.45, 2.75) is 25.4 Å². The molecule has 0 radical (unpaired) electrons. The number of hydrogen-bond acceptors (Lipinski definition) is 5. The summed E-state index contributed by atoms with van der Waals surface area (Å²) in [6.45, 7) is 0.304. The maximum atomic E-state index is 11.5. The molecule has 106 valence electrons. The normalized spacial score (nSPS) is 22.3. The van der Waals surface area contributed by atoms with Crippen LogP contribution in [0.5, 0.6) is 0 Å². The molecule has 1 saturated heterocycles. The second-order valence-corrected chi connectivity index (χ2v) is 7.00. The van der Waals surface area contributed by atoms with Gasteiger partial charge >= 0.3 is 5.97 Å². The fourth-order valence-electron chi connectivity index (χ4n) is 2.28. The smallest absolute Gasteiger partial charge is 0.339 e. The minimum atomic E-state index is -2.96. The molecule has 0 spiro atoms. The SMILES string of the molecule is Cn1ncc(C(=O)O)c1CNC1CCCS(=O)(=O)C1. The first-order valence-corrected chi connectivity index (χ1v) is 7.89. The second-order valence-electron chi connectivity index (χ2n) is 4.77. The number of nitrogens with zero attached hydrogens (tertiary/aromatic N) is 2. The van der Waals surface area contributed by atoms with Crippen LogP contribution in [0.4, 0.5) is 0 Å². The molecule has 0 aromatic carbocycles. The van der Waals surface area contributed by atoms with Gasteiger partial charge in [-0.05, 0) is 12.8 Å². The Hall–Kier alpha value is -1.41. The Bertz CT molecular complexity index is 579. The van der Waals surface area contributed by atoms with E-state index >= 15 is 0 Å². The van der Waals surface area contributed by atoms with Crippen molar-refractivity contribution in [1.82, 2.24) is 15.1 Å². The molecule has 2 N–H and O–H groups in total. The van der Waals surface area contributed by atoms with Crippen molar-refractivity contribution in [3.05, 3.63) is 17.5 Å². The van der Waals surface area contributed by atoms with E-state index in [0.29, 0.717) is 18.7 Å². The maximum absolute atomic E-state index is 11.5. The summed E-state index contributed by atoms with van der Waals surface area (Å²) in [4.78, 5) is 11.0. The lowest BCUT2D eigenvalue weighted by molar-refractivity contribution is 0.0695. The first-order valence-electron chi connectivity index (χ1n) is 6.07. The van der Waals surface area contributed by atoms with Gasteiger partial charge in [0.25, 0.3) is 0 Å². The van der Waals surface area contributed by atoms with Gasteiger partial charge in [0.1, 0.15) is 5.56 Å². The van der Waals surface area contributed by atoms with E-state index in [2.05, 4.69) is 10.4 Å². The van der Waals surface area contributed by atoms with Gasteiger partial charge in [-0.25, -0.2) is 13.2 Å². The third-order valence-electron chi connectivity index (χ3n) is 3.31. The molecule has 0 aliphatic carbocycles. The highest BCUT2D eigenvalue weighted by atomic mass is 32.2. The minimum absolute atomic E-state index is 0.115. The third kappa shape index (κ3) is 3.32. The van der Waals surface area contributed by atoms with Crippen LogP contribution in [0.3, 0.4) is 0 Å². The summed E-state index contributed by atoms with van der Waals surface area (Å²) in [5.74, 6) is -0.661. The quantitative estimate of drug-likeness (QED) is 0.794. The Morgan fingerprint density at radius 2 is 2.37 bits per heavy atom. The zero-order valence-electron chi connectivity index (χ0n) is 10.7. The summed E-state index contributed by atoms with van der Waals surface area (Å²) < 4.78 is 24.5. The predicted octanol–water partition coefficient (Wildman–Crippen LogP) is -0.215. The molecule has 1 aromatic heterocycles. The van der Waals surface area contributed by atoms with Crippen molar-refractivity contribution < 1.29 is 18.3 Å². The Labute approximate surface area is 111 Å². The van der Waals surface area contributed by atoms with Crippen molar-refractivity contribution in [1.29, 1.82) is 0 Å². The molecular weight excluding hydrogens is 270 g/mol. The molecule has 2 heterocycles. The number of rotatable bonds is 4. The zero-order chi connectivity index (χ0) is 14.0. The number of carboxylic acids is 1. The maximum Gasteiger partial charge on any atom is 0.339 e. The molecule has 1 fully saturated rings. The molecule has 1 aliphatic rings. The molecular formula is C11H17N3O4S. The molecule has 1 aliphatic heterocycles. The molecule has 19 heavy (non-hydrogen) atoms. The molecule has 1 unspecified atom stereocenters. The molecule has 2 rings (SSSR count). The lowest BCUT2D eigenvalue weighted by Gasteiger charge is -2.23. The summed E-state index contributed by atoms with van der Waals surface area (Å²) in [6.07, 6.45) is 2.74. The van der Waals surface area contributed by atoms with E-state index in [9.17, 15) is 13.2 Å². The van der Waals surface area contributed by atoms with Crippen LogP contribution in [0.1, 0.15) is 28.9 Å². The number of hydrogen-bond donors (Lipinski definition) is 2. The van der Waals surface area contributed by atoms with Gasteiger partial charge in [0, 0.05) is 19.6 Å². The van der Waals surface area contributed by atoms with Gasteiger partial charge in [0.05, 0.1) is 23.4 Å². The van der Waals surface area contributed by atoms with Crippen LogP contribution in [0, 0.1) is 0 Å². The molecule has 7 nitrogen and oxygen atoms in total. The lowest BCUT2D eigenvalue weighted by atomic mass is 10.1. The van der Waals surface area contributed by atoms with Crippen LogP contribution in [-0.4, -0.2) is 46.8 Å². The first-order chi connectivity index (χ1) is 8.89. The average molecular weight is 287 g/mol. The number of carbonyl (C=O) groups is 1. The number of aromatic nitrogens is 2. The summed E-state index contributed by atoms with van der Waals surface area (Å²) in [7, 11) is -1.29. The van der Waals surface area contributed by atoms with Crippen LogP contribution in [0.15, 0.2) is 6.20 Å². The second kappa shape index (κ2) is 5.30. The fraction of sp³-hybridized carbons (Fsp3) is 0.636. The Morgan fingerprint density at radius 1 is 1.63 bits per heavy atom. The lowest BCUT2D eigenvalue weighted by Crippen LogP contribution is -2.40. The van der Waals surface area contributed by atoms with Crippen LogP contribution in [-0.2, 0) is 23.4 Å². The zero-order valence-corrected chi connectivity index (χ0v) is 11.5. The van der Waals surface area contributed by atoms with Gasteiger partial charge in [0.15, 0.2) is 9.84 Å². The van der Waals surface area contributed by atoms with Crippen molar-refractivity contribution in [2.75, 3.05) is 11.5 Å². The van der Waals surface area contributed by atoms with Gasteiger partial charge < -0.3 is 10.4 Å². The van der Waals surface area contributed by atoms with Crippen molar-refractivity contribution in [3.8, 4) is 0 Å². The standard InChI is InChI=1S/C11H17N3O4S/c1-14-10(9(5-13-14)11(15)16)6-12-8-3-2-4-19(17,18)7-8/h5,8,12H,2-4,6-7H2,1H3,(H,15,16). The molecule has 0 bridgehead atoms. The number of sulfone groups is 1. The van der Waals surface area contributed by atoms with Crippen LogP contribution >= 0.6 is 0 Å². The topological polar surface area (TPSA) is 101 Å². The van der Waals surface area contributed by atoms with E-state index in [4.69, 9.17) is 5.11 Å². The number of aromatic carboxylic acids is 1. The van der Waals surface area contributed by atoms with Gasteiger partial charge in [0.2, 0.25) is 0 Å². The molecule has 1 atom stereocenters. The van der Waals surface area contributed by atoms with Crippen molar-refractivity contribution >= 4 is 15.8 Å². The highest BCUT2D eigenvalue weighted by molar-refractivity contribution is 7.91. The summed E-state index contributed by atoms with van der Waals surface area (Å²) in [5.41, 5.74) is 0.698. The summed E-state index contributed by atoms with van der Waals surface area (Å²) >= 11 is 0. The van der Waals surface area contributed by atoms with Crippen LogP contribution < -0.4 is 5.32 Å². The van der Waals surface area contributed by atoms with E-state index in [1.807, 2.05) is 0 Å². The number of nitrogens with one attached hydrogen (secondary N) is 1. The first kappa shape index (κ1) is 14.0. The largest absolute Gasteiger partial charge is 0.478 e. The summed E-state index contributed by atoms with van der Waals surface area (Å²) in [6, 6.07) is -0.115. The minimum Gasteiger partial charge on any atom is -0.478 e. The van der Waals surface area contributed by atoms with Gasteiger partial charge in [-0.1, -0.05) is 0 Å². The van der Waals surface area contributed by atoms with E-state index in [1.165, 1.54) is 10.9 Å². The Balaban J connectivity index is 2.03. The number of carboxylic acid groups (broad SMARTS) is 1. The summed E-state index contributed by atoms with van der Waals surface area (Å²) in [5, 5.41) is 16.0. The van der Waals surface area contributed by atoms with Crippen molar-refractivity contribution in [2.24, 2.45) is 7.05 Å². The predicted molar refractivity (Wildman–Crippen MR) is 68.7 cm³/mol. The molecule has 0 amide bonds. The third-order valence-corrected chi connectivity index (χ3v) is 5.13. The van der Waals surface area contributed by atoms with Gasteiger partial charge in [-0.15, -0.1) is 0 Å². The van der Waals surface area contributed by atoms with E-state index in [1.54, 1.807) is 7.05 Å². The van der Waals surface area contributed by atoms with Crippen LogP contribution in [0.25, 0.3) is 0 Å². The Morgan fingerprint density at radius 3 is 3.00 bits per heavy atom. The van der Waals surface area contributed by atoms with E-state index < -0.39 is 15.8 Å². The van der Waals surface area contributed by atoms with E-state index in [0.717, 1.165) is 6.42 Å². The highest BCUT2D eigenvalue weighted by Crippen LogP contribution is 2.14. The fourth-order valence-corrected chi connectivity index (χ4v) is 3.95. The van der Waals surface area contributed by atoms with Gasteiger partial charge in [-0.2, -0.15) is 5.10 Å². The van der Waals surface area contributed by atoms with Gasteiger partial charge in [-0.3, -0.25) is 4.68 Å². The van der Waals surface area contributed by atoms with Crippen molar-refractivity contribution in [3.63, 3.8) is 0 Å². The highest BCUT2D eigenvalue weighted by Gasteiger charge is 2.25. The molecule has 8 heteroatoms. The number of aryl methyl sites for hydroxylation is 1. The Kier molecular flexibility index (Phi) is 3.91.